The Morgan fingerprint density at radius 2 is 1.64 bits per heavy atom. The molecule has 0 bridgehead atoms. The summed E-state index contributed by atoms with van der Waals surface area (Å²) in [5, 5.41) is 9.16. The number of hydrogen-bond donors (Lipinski definition) is 1. The Balaban J connectivity index is 4.29. The van der Waals surface area contributed by atoms with Crippen LogP contribution in [0.1, 0.15) is 86.5 Å². The maximum absolute atomic E-state index is 11.4. The van der Waals surface area contributed by atoms with Gasteiger partial charge in [-0.3, -0.25) is 0 Å². The lowest BCUT2D eigenvalue weighted by molar-refractivity contribution is -0.155. The highest BCUT2D eigenvalue weighted by Gasteiger charge is 2.17. The van der Waals surface area contributed by atoms with Crippen LogP contribution in [-0.4, -0.2) is 37.5 Å². The lowest BCUT2D eigenvalue weighted by atomic mass is 9.85. The second kappa shape index (κ2) is 17.6. The molecule has 0 spiro atoms. The van der Waals surface area contributed by atoms with E-state index < -0.39 is 12.1 Å². The summed E-state index contributed by atoms with van der Waals surface area (Å²) in [4.78, 5) is 11.4. The molecule has 0 saturated carbocycles. The van der Waals surface area contributed by atoms with Gasteiger partial charge < -0.3 is 14.6 Å². The molecule has 4 heteroatoms. The van der Waals surface area contributed by atoms with Gasteiger partial charge in [0.25, 0.3) is 0 Å². The zero-order valence-electron chi connectivity index (χ0n) is 22.2. The molecule has 0 aromatic rings. The number of allylic oxidation sites excluding steroid dienone is 8. The summed E-state index contributed by atoms with van der Waals surface area (Å²) in [6.45, 7) is 17.3. The zero-order chi connectivity index (χ0) is 25.3. The first kappa shape index (κ1) is 31.1. The van der Waals surface area contributed by atoms with Crippen LogP contribution < -0.4 is 0 Å². The monoisotopic (exact) mass is 460 g/mol. The summed E-state index contributed by atoms with van der Waals surface area (Å²) in [7, 11) is 1.28. The van der Waals surface area contributed by atoms with Crippen molar-refractivity contribution in [1.82, 2.24) is 0 Å². The number of methoxy groups -OCH3 is 1. The maximum atomic E-state index is 11.4. The molecule has 0 radical (unpaired) electrons. The lowest BCUT2D eigenvalue weighted by Gasteiger charge is -2.20. The molecular weight excluding hydrogens is 412 g/mol. The normalized spacial score (nSPS) is 13.8. The van der Waals surface area contributed by atoms with Gasteiger partial charge in [0.2, 0.25) is 0 Å². The largest absolute Gasteiger partial charge is 0.467 e. The first-order valence-corrected chi connectivity index (χ1v) is 12.1. The Hall–Kier alpha value is -1.91. The van der Waals surface area contributed by atoms with Gasteiger partial charge in [0.05, 0.1) is 20.3 Å². The average Bonchev–Trinajstić information content (AvgIpc) is 2.76. The molecule has 1 N–H and O–H groups in total. The molecular formula is C29H48O4. The van der Waals surface area contributed by atoms with E-state index in [4.69, 9.17) is 9.84 Å². The van der Waals surface area contributed by atoms with Gasteiger partial charge >= 0.3 is 5.97 Å². The molecule has 0 aromatic heterocycles. The highest BCUT2D eigenvalue weighted by molar-refractivity contribution is 5.74. The molecule has 188 valence electrons. The first-order chi connectivity index (χ1) is 15.5. The summed E-state index contributed by atoms with van der Waals surface area (Å²) in [6.07, 6.45) is 17.4. The summed E-state index contributed by atoms with van der Waals surface area (Å²) in [5.41, 5.74) is 5.46. The number of aliphatic hydroxyl groups excluding tert-OH is 1. The summed E-state index contributed by atoms with van der Waals surface area (Å²) < 4.78 is 9.95. The number of aliphatic hydroxyl groups is 1. The molecule has 1 unspecified atom stereocenters. The van der Waals surface area contributed by atoms with Crippen molar-refractivity contribution in [1.29, 1.82) is 0 Å². The molecule has 0 amide bonds. The van der Waals surface area contributed by atoms with Crippen LogP contribution in [0.2, 0.25) is 0 Å². The molecule has 0 saturated heterocycles. The first-order valence-electron chi connectivity index (χ1n) is 12.1. The fraction of sp³-hybridized carbons (Fsp3) is 0.621. The third-order valence-electron chi connectivity index (χ3n) is 5.59. The van der Waals surface area contributed by atoms with Gasteiger partial charge in [-0.2, -0.15) is 0 Å². The van der Waals surface area contributed by atoms with E-state index in [2.05, 4.69) is 70.2 Å². The Bertz CT molecular complexity index is 703. The Morgan fingerprint density at radius 1 is 1.00 bits per heavy atom. The van der Waals surface area contributed by atoms with E-state index in [0.717, 1.165) is 44.9 Å². The molecule has 4 nitrogen and oxygen atoms in total. The van der Waals surface area contributed by atoms with Gasteiger partial charge in [0.1, 0.15) is 0 Å². The van der Waals surface area contributed by atoms with Crippen molar-refractivity contribution in [2.75, 3.05) is 20.3 Å². The SMILES string of the molecule is C=C(CC=C(C)CCC=C(C)C)CCC(C)(C)C=CCCC(C)=CCOC(CO)C(=O)OC. The molecule has 0 aliphatic rings. The van der Waals surface area contributed by atoms with Gasteiger partial charge in [-0.15, -0.1) is 0 Å². The summed E-state index contributed by atoms with van der Waals surface area (Å²) in [5.74, 6) is -0.554. The van der Waals surface area contributed by atoms with Crippen molar-refractivity contribution in [3.05, 3.63) is 59.3 Å². The van der Waals surface area contributed by atoms with E-state index in [0.29, 0.717) is 0 Å². The molecule has 0 fully saturated rings. The van der Waals surface area contributed by atoms with Crippen LogP contribution in [0.4, 0.5) is 0 Å². The topological polar surface area (TPSA) is 55.8 Å². The zero-order valence-corrected chi connectivity index (χ0v) is 22.2. The fourth-order valence-electron chi connectivity index (χ4n) is 3.14. The predicted octanol–water partition coefficient (Wildman–Crippen LogP) is 7.27. The smallest absolute Gasteiger partial charge is 0.337 e. The fourth-order valence-corrected chi connectivity index (χ4v) is 3.14. The van der Waals surface area contributed by atoms with Crippen LogP contribution in [0.25, 0.3) is 0 Å². The van der Waals surface area contributed by atoms with E-state index in [1.807, 2.05) is 13.0 Å². The average molecular weight is 461 g/mol. The van der Waals surface area contributed by atoms with E-state index in [1.165, 1.54) is 29.4 Å². The van der Waals surface area contributed by atoms with Crippen molar-refractivity contribution < 1.29 is 19.4 Å². The quantitative estimate of drug-likeness (QED) is 0.183. The van der Waals surface area contributed by atoms with Gasteiger partial charge in [0, 0.05) is 0 Å². The number of hydrogen-bond acceptors (Lipinski definition) is 4. The molecule has 0 heterocycles. The Kier molecular flexibility index (Phi) is 16.5. The van der Waals surface area contributed by atoms with Crippen LogP contribution in [-0.2, 0) is 14.3 Å². The highest BCUT2D eigenvalue weighted by atomic mass is 16.6. The van der Waals surface area contributed by atoms with Crippen LogP contribution >= 0.6 is 0 Å². The number of carbonyl (C=O) groups is 1. The molecule has 0 rings (SSSR count). The van der Waals surface area contributed by atoms with Gasteiger partial charge in [0.15, 0.2) is 6.10 Å². The standard InChI is InChI=1S/C29H48O4/c1-23(2)12-11-14-24(3)15-16-26(5)17-20-29(6,7)19-10-9-13-25(4)18-21-33-27(22-30)28(31)32-8/h10,12,15,18-19,27,30H,5,9,11,13-14,16-17,20-22H2,1-4,6-8H3. The van der Waals surface area contributed by atoms with Crippen LogP contribution in [0, 0.1) is 5.41 Å². The van der Waals surface area contributed by atoms with Gasteiger partial charge in [-0.1, -0.05) is 73.1 Å². The van der Waals surface area contributed by atoms with E-state index >= 15 is 0 Å². The number of rotatable bonds is 17. The predicted molar refractivity (Wildman–Crippen MR) is 140 cm³/mol. The minimum Gasteiger partial charge on any atom is -0.467 e. The third-order valence-corrected chi connectivity index (χ3v) is 5.59. The lowest BCUT2D eigenvalue weighted by Crippen LogP contribution is -2.29. The summed E-state index contributed by atoms with van der Waals surface area (Å²) in [6, 6.07) is 0. The van der Waals surface area contributed by atoms with Crippen LogP contribution in [0.3, 0.4) is 0 Å². The van der Waals surface area contributed by atoms with Gasteiger partial charge in [-0.25, -0.2) is 4.79 Å². The molecule has 0 aliphatic heterocycles. The second-order valence-electron chi connectivity index (χ2n) is 9.83. The van der Waals surface area contributed by atoms with E-state index in [1.54, 1.807) is 0 Å². The van der Waals surface area contributed by atoms with Crippen molar-refractivity contribution in [3.8, 4) is 0 Å². The van der Waals surface area contributed by atoms with E-state index in [-0.39, 0.29) is 18.6 Å². The number of carbonyl (C=O) groups excluding carboxylic acids is 1. The van der Waals surface area contributed by atoms with Crippen molar-refractivity contribution in [2.45, 2.75) is 92.6 Å². The van der Waals surface area contributed by atoms with Gasteiger partial charge in [-0.05, 0) is 78.1 Å². The van der Waals surface area contributed by atoms with Crippen LogP contribution in [0.15, 0.2) is 59.3 Å². The maximum Gasteiger partial charge on any atom is 0.337 e. The number of esters is 1. The van der Waals surface area contributed by atoms with Crippen molar-refractivity contribution >= 4 is 5.97 Å². The highest BCUT2D eigenvalue weighted by Crippen LogP contribution is 2.27. The minimum atomic E-state index is -0.920. The van der Waals surface area contributed by atoms with Crippen molar-refractivity contribution in [3.63, 3.8) is 0 Å². The minimum absolute atomic E-state index is 0.140. The van der Waals surface area contributed by atoms with Crippen molar-refractivity contribution in [2.24, 2.45) is 5.41 Å². The third kappa shape index (κ3) is 17.3. The Morgan fingerprint density at radius 3 is 2.24 bits per heavy atom. The Labute approximate surface area is 203 Å². The second-order valence-corrected chi connectivity index (χ2v) is 9.83. The molecule has 33 heavy (non-hydrogen) atoms. The molecule has 1 atom stereocenters. The molecule has 0 aliphatic carbocycles. The van der Waals surface area contributed by atoms with Crippen LogP contribution in [0.5, 0.6) is 0 Å². The summed E-state index contributed by atoms with van der Waals surface area (Å²) >= 11 is 0. The van der Waals surface area contributed by atoms with E-state index in [9.17, 15) is 4.79 Å². The molecule has 0 aromatic carbocycles. The number of ether oxygens (including phenoxy) is 2.